The Kier molecular flexibility index (Phi) is 9.21. The van der Waals surface area contributed by atoms with E-state index >= 15 is 0 Å². The summed E-state index contributed by atoms with van der Waals surface area (Å²) in [5.41, 5.74) is 18.9. The first-order valence-electron chi connectivity index (χ1n) is 7.28. The Bertz CT molecular complexity index is 555. The molecule has 0 heterocycles. The SMILES string of the molecule is CCC(C)(Oc1ccc(CP(=O)(OC)OC)cc1)P(N)P(N)PN. The van der Waals surface area contributed by atoms with Gasteiger partial charge in [0.05, 0.1) is 13.9 Å². The summed E-state index contributed by atoms with van der Waals surface area (Å²) in [5.74, 6) is 0.689. The molecule has 0 saturated carbocycles. The Balaban J connectivity index is 2.87. The Morgan fingerprint density at radius 2 is 1.75 bits per heavy atom. The minimum atomic E-state index is -3.08. The summed E-state index contributed by atoms with van der Waals surface area (Å²) in [5, 5.41) is -0.530. The smallest absolute Gasteiger partial charge is 0.334 e. The molecule has 4 atom stereocenters. The Morgan fingerprint density at radius 3 is 2.17 bits per heavy atom. The van der Waals surface area contributed by atoms with Crippen molar-refractivity contribution < 1.29 is 18.3 Å². The quantitative estimate of drug-likeness (QED) is 0.490. The molecule has 0 aromatic heterocycles. The summed E-state index contributed by atoms with van der Waals surface area (Å²) in [7, 11) is -2.11. The number of rotatable bonds is 10. The van der Waals surface area contributed by atoms with Gasteiger partial charge in [-0.15, -0.1) is 0 Å². The van der Waals surface area contributed by atoms with Gasteiger partial charge in [0.2, 0.25) is 0 Å². The first-order valence-corrected chi connectivity index (χ1v) is 14.5. The average Bonchev–Trinajstić information content (AvgIpc) is 2.61. The van der Waals surface area contributed by atoms with Crippen LogP contribution < -0.4 is 21.2 Å². The lowest BCUT2D eigenvalue weighted by Gasteiger charge is -2.37. The van der Waals surface area contributed by atoms with E-state index in [1.165, 1.54) is 14.2 Å². The van der Waals surface area contributed by atoms with Crippen molar-refractivity contribution >= 4 is 31.2 Å². The number of benzene rings is 1. The summed E-state index contributed by atoms with van der Waals surface area (Å²) >= 11 is 0. The molecule has 1 aromatic carbocycles. The first-order chi connectivity index (χ1) is 11.2. The van der Waals surface area contributed by atoms with Crippen LogP contribution in [0.15, 0.2) is 24.3 Å². The van der Waals surface area contributed by atoms with Gasteiger partial charge in [0, 0.05) is 21.7 Å². The highest BCUT2D eigenvalue weighted by molar-refractivity contribution is 8.55. The topological polar surface area (TPSA) is 123 Å². The fourth-order valence-corrected chi connectivity index (χ4v) is 9.39. The second kappa shape index (κ2) is 9.88. The van der Waals surface area contributed by atoms with E-state index in [0.717, 1.165) is 12.0 Å². The third-order valence-corrected chi connectivity index (χ3v) is 14.1. The first kappa shape index (κ1) is 22.4. The van der Waals surface area contributed by atoms with Crippen LogP contribution in [0.5, 0.6) is 5.75 Å². The molecule has 0 saturated heterocycles. The average molecular weight is 413 g/mol. The Hall–Kier alpha value is 0.340. The van der Waals surface area contributed by atoms with Crippen molar-refractivity contribution in [3.05, 3.63) is 29.8 Å². The van der Waals surface area contributed by atoms with Crippen LogP contribution in [-0.4, -0.2) is 19.6 Å². The van der Waals surface area contributed by atoms with Crippen LogP contribution in [0.3, 0.4) is 0 Å². The predicted molar refractivity (Wildman–Crippen MR) is 106 cm³/mol. The predicted octanol–water partition coefficient (Wildman–Crippen LogP) is 4.27. The molecule has 6 N–H and O–H groups in total. The molecule has 0 amide bonds. The molecule has 11 heteroatoms. The Morgan fingerprint density at radius 1 is 1.21 bits per heavy atom. The lowest BCUT2D eigenvalue weighted by molar-refractivity contribution is 0.176. The Labute approximate surface area is 148 Å². The van der Waals surface area contributed by atoms with E-state index in [1.54, 1.807) is 0 Å². The van der Waals surface area contributed by atoms with Crippen LogP contribution in [0.2, 0.25) is 0 Å². The summed E-state index contributed by atoms with van der Waals surface area (Å²) in [6.07, 6.45) is 0.942. The van der Waals surface area contributed by atoms with Crippen molar-refractivity contribution in [1.82, 2.24) is 0 Å². The van der Waals surface area contributed by atoms with Gasteiger partial charge >= 0.3 is 7.60 Å². The summed E-state index contributed by atoms with van der Waals surface area (Å²) in [4.78, 5) is 0. The summed E-state index contributed by atoms with van der Waals surface area (Å²) in [6.45, 7) is 3.99. The molecular weight excluding hydrogens is 386 g/mol. The standard InChI is InChI=1S/C13H27N3O4P4/c1-5-13(2,22(15)23(16)21-14)20-12-8-6-11(7-9-12)10-24(17,18-3)19-4/h6-9,21H,5,10,14-16H2,1-4H3. The van der Waals surface area contributed by atoms with Crippen molar-refractivity contribution in [3.8, 4) is 5.75 Å². The van der Waals surface area contributed by atoms with Crippen molar-refractivity contribution in [3.63, 3.8) is 0 Å². The zero-order valence-electron chi connectivity index (χ0n) is 14.4. The maximum atomic E-state index is 12.2. The molecule has 4 unspecified atom stereocenters. The number of hydrogen-bond acceptors (Lipinski definition) is 7. The number of hydrogen-bond donors (Lipinski definition) is 3. The molecule has 0 bridgehead atoms. The fraction of sp³-hybridized carbons (Fsp3) is 0.538. The molecule has 0 radical (unpaired) electrons. The number of nitrogens with two attached hydrogens (primary N) is 3. The molecule has 0 aliphatic heterocycles. The second-order valence-corrected chi connectivity index (χ2v) is 16.0. The van der Waals surface area contributed by atoms with Crippen LogP contribution in [-0.2, 0) is 19.8 Å². The van der Waals surface area contributed by atoms with E-state index in [0.29, 0.717) is 5.75 Å². The van der Waals surface area contributed by atoms with Gasteiger partial charge in [0.15, 0.2) is 0 Å². The van der Waals surface area contributed by atoms with Gasteiger partial charge in [0.25, 0.3) is 0 Å². The van der Waals surface area contributed by atoms with E-state index in [4.69, 9.17) is 30.3 Å². The van der Waals surface area contributed by atoms with E-state index in [-0.39, 0.29) is 14.6 Å². The molecule has 1 rings (SSSR count). The van der Waals surface area contributed by atoms with Crippen LogP contribution >= 0.6 is 31.2 Å². The van der Waals surface area contributed by atoms with Crippen LogP contribution in [0.25, 0.3) is 0 Å². The minimum Gasteiger partial charge on any atom is -0.481 e. The molecule has 0 spiro atoms. The van der Waals surface area contributed by atoms with Gasteiger partial charge in [-0.2, -0.15) is 0 Å². The normalized spacial score (nSPS) is 17.6. The zero-order chi connectivity index (χ0) is 18.4. The molecule has 0 aliphatic rings. The highest BCUT2D eigenvalue weighted by atomic mass is 32.5. The van der Waals surface area contributed by atoms with Gasteiger partial charge in [-0.1, -0.05) is 19.1 Å². The maximum absolute atomic E-state index is 12.2. The van der Waals surface area contributed by atoms with Crippen molar-refractivity contribution in [2.75, 3.05) is 14.2 Å². The van der Waals surface area contributed by atoms with E-state index < -0.39 is 28.1 Å². The lowest BCUT2D eigenvalue weighted by atomic mass is 10.2. The summed E-state index contributed by atoms with van der Waals surface area (Å²) in [6, 6.07) is 7.33. The molecular formula is C13H27N3O4P4. The monoisotopic (exact) mass is 413 g/mol. The van der Waals surface area contributed by atoms with Gasteiger partial charge in [-0.25, -0.2) is 0 Å². The third kappa shape index (κ3) is 5.95. The van der Waals surface area contributed by atoms with Crippen molar-refractivity contribution in [2.24, 2.45) is 16.5 Å². The van der Waals surface area contributed by atoms with Gasteiger partial charge < -0.3 is 30.3 Å². The number of ether oxygens (including phenoxy) is 1. The molecule has 0 fully saturated rings. The maximum Gasteiger partial charge on any atom is 0.334 e. The summed E-state index contributed by atoms with van der Waals surface area (Å²) < 4.78 is 28.2. The zero-order valence-corrected chi connectivity index (χ0v) is 18.1. The second-order valence-electron chi connectivity index (χ2n) is 5.23. The molecule has 0 aliphatic carbocycles. The van der Waals surface area contributed by atoms with Crippen LogP contribution in [0, 0.1) is 0 Å². The van der Waals surface area contributed by atoms with Crippen LogP contribution in [0.1, 0.15) is 25.8 Å². The molecule has 138 valence electrons. The lowest BCUT2D eigenvalue weighted by Crippen LogP contribution is -2.31. The molecule has 7 nitrogen and oxygen atoms in total. The van der Waals surface area contributed by atoms with Crippen molar-refractivity contribution in [1.29, 1.82) is 0 Å². The largest absolute Gasteiger partial charge is 0.481 e. The van der Waals surface area contributed by atoms with Crippen molar-refractivity contribution in [2.45, 2.75) is 31.8 Å². The fourth-order valence-electron chi connectivity index (χ4n) is 1.92. The highest BCUT2D eigenvalue weighted by Gasteiger charge is 2.36. The van der Waals surface area contributed by atoms with E-state index in [1.807, 2.05) is 38.1 Å². The third-order valence-electron chi connectivity index (χ3n) is 3.70. The minimum absolute atomic E-state index is 0.148. The van der Waals surface area contributed by atoms with Gasteiger partial charge in [-0.05, 0) is 39.5 Å². The van der Waals surface area contributed by atoms with Crippen LogP contribution in [0.4, 0.5) is 0 Å². The van der Waals surface area contributed by atoms with Gasteiger partial charge in [0.1, 0.15) is 11.1 Å². The van der Waals surface area contributed by atoms with E-state index in [9.17, 15) is 4.57 Å². The van der Waals surface area contributed by atoms with E-state index in [2.05, 4.69) is 0 Å². The molecule has 1 aromatic rings. The molecule has 24 heavy (non-hydrogen) atoms. The van der Waals surface area contributed by atoms with Gasteiger partial charge in [-0.3, -0.25) is 4.57 Å². The highest BCUT2D eigenvalue weighted by Crippen LogP contribution is 2.74.